The first-order chi connectivity index (χ1) is 13.3. The molecule has 0 saturated carbocycles. The van der Waals surface area contributed by atoms with Crippen LogP contribution < -0.4 is 16.2 Å². The van der Waals surface area contributed by atoms with Crippen LogP contribution in [0.4, 0.5) is 5.69 Å². The minimum absolute atomic E-state index is 0.0428. The summed E-state index contributed by atoms with van der Waals surface area (Å²) in [4.78, 5) is 40.1. The highest BCUT2D eigenvalue weighted by molar-refractivity contribution is 5.95. The van der Waals surface area contributed by atoms with Crippen molar-refractivity contribution in [2.24, 2.45) is 5.41 Å². The molecule has 2 aromatic rings. The van der Waals surface area contributed by atoms with Crippen molar-refractivity contribution in [3.63, 3.8) is 0 Å². The van der Waals surface area contributed by atoms with E-state index in [2.05, 4.69) is 21.2 Å². The number of carbonyl (C=O) groups is 3. The highest BCUT2D eigenvalue weighted by Crippen LogP contribution is 2.25. The molecule has 2 rings (SSSR count). The highest BCUT2D eigenvalue weighted by atomic mass is 16.2. The Morgan fingerprint density at radius 3 is 2.32 bits per heavy atom. The second-order valence-corrected chi connectivity index (χ2v) is 7.00. The summed E-state index contributed by atoms with van der Waals surface area (Å²) < 4.78 is 0. The zero-order chi connectivity index (χ0) is 20.6. The standard InChI is InChI=1S/C20H21N5O3/c1-20(2,10-17(26)23-16-7-5-14(12-21)6-8-16)11-18(27)24-25-19(28)15-4-3-9-22-13-15/h3-9,13H,10-11H2,1-2H3,(H,23,26)(H,24,27)(H,25,28). The number of nitriles is 1. The van der Waals surface area contributed by atoms with Gasteiger partial charge in [-0.3, -0.25) is 30.2 Å². The maximum Gasteiger partial charge on any atom is 0.271 e. The van der Waals surface area contributed by atoms with Crippen LogP contribution >= 0.6 is 0 Å². The van der Waals surface area contributed by atoms with Crippen molar-refractivity contribution in [1.82, 2.24) is 15.8 Å². The van der Waals surface area contributed by atoms with Crippen LogP contribution in [0.3, 0.4) is 0 Å². The third-order valence-corrected chi connectivity index (χ3v) is 3.82. The molecular formula is C20H21N5O3. The van der Waals surface area contributed by atoms with Gasteiger partial charge < -0.3 is 5.32 Å². The van der Waals surface area contributed by atoms with E-state index in [-0.39, 0.29) is 18.7 Å². The second kappa shape index (κ2) is 9.28. The van der Waals surface area contributed by atoms with Gasteiger partial charge in [-0.1, -0.05) is 13.8 Å². The topological polar surface area (TPSA) is 124 Å². The number of anilines is 1. The molecule has 0 aliphatic carbocycles. The summed E-state index contributed by atoms with van der Waals surface area (Å²) in [6.45, 7) is 3.57. The number of hydrogen-bond acceptors (Lipinski definition) is 5. The van der Waals surface area contributed by atoms with E-state index in [0.717, 1.165) is 0 Å². The van der Waals surface area contributed by atoms with E-state index < -0.39 is 17.2 Å². The van der Waals surface area contributed by atoms with Crippen molar-refractivity contribution in [3.05, 3.63) is 59.9 Å². The van der Waals surface area contributed by atoms with Gasteiger partial charge in [0.2, 0.25) is 11.8 Å². The van der Waals surface area contributed by atoms with Crippen LogP contribution in [0.5, 0.6) is 0 Å². The molecule has 1 heterocycles. The molecule has 1 aromatic heterocycles. The molecular weight excluding hydrogens is 358 g/mol. The Kier molecular flexibility index (Phi) is 6.82. The number of pyridine rings is 1. The molecule has 0 atom stereocenters. The number of nitrogens with zero attached hydrogens (tertiary/aromatic N) is 2. The van der Waals surface area contributed by atoms with Gasteiger partial charge in [0.15, 0.2) is 0 Å². The maximum atomic E-state index is 12.2. The van der Waals surface area contributed by atoms with E-state index in [4.69, 9.17) is 5.26 Å². The van der Waals surface area contributed by atoms with Gasteiger partial charge in [0.05, 0.1) is 17.2 Å². The predicted molar refractivity (Wildman–Crippen MR) is 103 cm³/mol. The van der Waals surface area contributed by atoms with Gasteiger partial charge in [-0.15, -0.1) is 0 Å². The van der Waals surface area contributed by atoms with Crippen LogP contribution in [-0.2, 0) is 9.59 Å². The van der Waals surface area contributed by atoms with Crippen molar-refractivity contribution in [3.8, 4) is 6.07 Å². The predicted octanol–water partition coefficient (Wildman–Crippen LogP) is 2.16. The van der Waals surface area contributed by atoms with E-state index in [1.165, 1.54) is 6.20 Å². The molecule has 3 N–H and O–H groups in total. The molecule has 144 valence electrons. The Morgan fingerprint density at radius 2 is 1.71 bits per heavy atom. The third kappa shape index (κ3) is 6.53. The van der Waals surface area contributed by atoms with Crippen LogP contribution in [0.15, 0.2) is 48.8 Å². The monoisotopic (exact) mass is 379 g/mol. The summed E-state index contributed by atoms with van der Waals surface area (Å²) in [7, 11) is 0. The second-order valence-electron chi connectivity index (χ2n) is 7.00. The molecule has 0 aliphatic heterocycles. The molecule has 0 aliphatic rings. The lowest BCUT2D eigenvalue weighted by atomic mass is 9.85. The third-order valence-electron chi connectivity index (χ3n) is 3.82. The summed E-state index contributed by atoms with van der Waals surface area (Å²) in [6.07, 6.45) is 3.08. The minimum Gasteiger partial charge on any atom is -0.326 e. The van der Waals surface area contributed by atoms with E-state index in [0.29, 0.717) is 16.8 Å². The van der Waals surface area contributed by atoms with Gasteiger partial charge >= 0.3 is 0 Å². The van der Waals surface area contributed by atoms with Gasteiger partial charge in [-0.05, 0) is 41.8 Å². The zero-order valence-corrected chi connectivity index (χ0v) is 15.7. The highest BCUT2D eigenvalue weighted by Gasteiger charge is 2.25. The molecule has 0 spiro atoms. The Hall–Kier alpha value is -3.73. The number of hydrazine groups is 1. The van der Waals surface area contributed by atoms with Gasteiger partial charge in [0.25, 0.3) is 5.91 Å². The lowest BCUT2D eigenvalue weighted by Crippen LogP contribution is -2.43. The summed E-state index contributed by atoms with van der Waals surface area (Å²) in [5, 5.41) is 11.5. The van der Waals surface area contributed by atoms with Gasteiger partial charge in [-0.2, -0.15) is 5.26 Å². The van der Waals surface area contributed by atoms with E-state index in [1.807, 2.05) is 6.07 Å². The average molecular weight is 379 g/mol. The van der Waals surface area contributed by atoms with E-state index in [1.54, 1.807) is 56.4 Å². The number of hydrogen-bond donors (Lipinski definition) is 3. The van der Waals surface area contributed by atoms with Crippen molar-refractivity contribution in [2.75, 3.05) is 5.32 Å². The first-order valence-electron chi connectivity index (χ1n) is 8.58. The van der Waals surface area contributed by atoms with Crippen molar-refractivity contribution in [1.29, 1.82) is 5.26 Å². The minimum atomic E-state index is -0.625. The summed E-state index contributed by atoms with van der Waals surface area (Å²) in [6, 6.07) is 11.7. The van der Waals surface area contributed by atoms with Crippen LogP contribution in [0.1, 0.15) is 42.6 Å². The van der Waals surface area contributed by atoms with Crippen molar-refractivity contribution >= 4 is 23.4 Å². The molecule has 8 heteroatoms. The first kappa shape index (κ1) is 20.6. The van der Waals surface area contributed by atoms with Gasteiger partial charge in [0.1, 0.15) is 0 Å². The normalized spacial score (nSPS) is 10.5. The molecule has 0 fully saturated rings. The molecule has 0 radical (unpaired) electrons. The van der Waals surface area contributed by atoms with Gasteiger partial charge in [-0.25, -0.2) is 0 Å². The van der Waals surface area contributed by atoms with Crippen molar-refractivity contribution < 1.29 is 14.4 Å². The van der Waals surface area contributed by atoms with E-state index in [9.17, 15) is 14.4 Å². The summed E-state index contributed by atoms with van der Waals surface area (Å²) in [5.41, 5.74) is 5.44. The number of benzene rings is 1. The molecule has 28 heavy (non-hydrogen) atoms. The molecule has 1 aromatic carbocycles. The maximum absolute atomic E-state index is 12.2. The average Bonchev–Trinajstić information content (AvgIpc) is 2.66. The SMILES string of the molecule is CC(C)(CC(=O)NNC(=O)c1cccnc1)CC(=O)Nc1ccc(C#N)cc1. The lowest BCUT2D eigenvalue weighted by molar-refractivity contribution is -0.124. The smallest absolute Gasteiger partial charge is 0.271 e. The van der Waals surface area contributed by atoms with Crippen LogP contribution in [0, 0.1) is 16.7 Å². The molecule has 0 saturated heterocycles. The van der Waals surface area contributed by atoms with Gasteiger partial charge in [0, 0.05) is 30.9 Å². The number of aromatic nitrogens is 1. The Morgan fingerprint density at radius 1 is 1.04 bits per heavy atom. The van der Waals surface area contributed by atoms with Crippen LogP contribution in [0.25, 0.3) is 0 Å². The quantitative estimate of drug-likeness (QED) is 0.664. The molecule has 8 nitrogen and oxygen atoms in total. The number of amides is 3. The molecule has 3 amide bonds. The van der Waals surface area contributed by atoms with E-state index >= 15 is 0 Å². The fourth-order valence-corrected chi connectivity index (χ4v) is 2.50. The van der Waals surface area contributed by atoms with Crippen LogP contribution in [-0.4, -0.2) is 22.7 Å². The molecule has 0 unspecified atom stereocenters. The number of carbonyl (C=O) groups excluding carboxylic acids is 3. The van der Waals surface area contributed by atoms with Crippen LogP contribution in [0.2, 0.25) is 0 Å². The summed E-state index contributed by atoms with van der Waals surface area (Å²) in [5.74, 6) is -1.13. The van der Waals surface area contributed by atoms with Crippen molar-refractivity contribution in [2.45, 2.75) is 26.7 Å². The Bertz CT molecular complexity index is 886. The Labute approximate surface area is 162 Å². The summed E-state index contributed by atoms with van der Waals surface area (Å²) >= 11 is 0. The first-order valence-corrected chi connectivity index (χ1v) is 8.58. The zero-order valence-electron chi connectivity index (χ0n) is 15.7. The Balaban J connectivity index is 1.81. The fraction of sp³-hybridized carbons (Fsp3) is 0.250. The number of nitrogens with one attached hydrogen (secondary N) is 3. The number of rotatable bonds is 6. The lowest BCUT2D eigenvalue weighted by Gasteiger charge is -2.23. The fourth-order valence-electron chi connectivity index (χ4n) is 2.50. The largest absolute Gasteiger partial charge is 0.326 e. The molecule has 0 bridgehead atoms.